The second-order valence-corrected chi connectivity index (χ2v) is 9.28. The number of hydrogen-bond acceptors (Lipinski definition) is 4. The molecule has 1 fully saturated rings. The number of benzene rings is 3. The molecule has 0 unspecified atom stereocenters. The van der Waals surface area contributed by atoms with E-state index in [9.17, 15) is 8.42 Å². The number of H-pyrrole nitrogens is 1. The van der Waals surface area contributed by atoms with E-state index in [-0.39, 0.29) is 6.04 Å². The van der Waals surface area contributed by atoms with E-state index in [1.165, 1.54) is 0 Å². The molecule has 1 saturated heterocycles. The highest BCUT2D eigenvalue weighted by Crippen LogP contribution is 2.25. The van der Waals surface area contributed by atoms with Crippen molar-refractivity contribution in [3.63, 3.8) is 0 Å². The van der Waals surface area contributed by atoms with Crippen molar-refractivity contribution in [1.29, 1.82) is 0 Å². The van der Waals surface area contributed by atoms with Gasteiger partial charge in [-0.05, 0) is 29.7 Å². The lowest BCUT2D eigenvalue weighted by molar-refractivity contribution is 0.117. The lowest BCUT2D eigenvalue weighted by Crippen LogP contribution is -2.59. The first-order chi connectivity index (χ1) is 14.6. The third kappa shape index (κ3) is 3.67. The molecule has 1 aromatic heterocycles. The number of nitrogens with zero attached hydrogens (tertiary/aromatic N) is 1. The van der Waals surface area contributed by atoms with Crippen LogP contribution in [0.1, 0.15) is 0 Å². The van der Waals surface area contributed by atoms with Crippen LogP contribution in [-0.2, 0) is 10.0 Å². The number of aromatic amines is 1. The maximum absolute atomic E-state index is 12.9. The van der Waals surface area contributed by atoms with E-state index < -0.39 is 10.0 Å². The van der Waals surface area contributed by atoms with Crippen LogP contribution in [0.3, 0.4) is 0 Å². The molecule has 1 aliphatic rings. The Labute approximate surface area is 175 Å². The van der Waals surface area contributed by atoms with Crippen LogP contribution in [-0.4, -0.2) is 50.6 Å². The fraction of sp³-hybridized carbons (Fsp3) is 0.217. The molecule has 6 nitrogen and oxygen atoms in total. The van der Waals surface area contributed by atoms with Crippen LogP contribution in [0.4, 0.5) is 0 Å². The number of rotatable bonds is 7. The summed E-state index contributed by atoms with van der Waals surface area (Å²) in [6, 6.07) is 20.8. The fourth-order valence-electron chi connectivity index (χ4n) is 4.01. The zero-order valence-electron chi connectivity index (χ0n) is 16.4. The first-order valence-electron chi connectivity index (χ1n) is 10.0. The van der Waals surface area contributed by atoms with E-state index in [2.05, 4.69) is 14.6 Å². The summed E-state index contributed by atoms with van der Waals surface area (Å²) in [5.74, 6) is 0.863. The molecule has 2 heterocycles. The minimum atomic E-state index is -3.56. The Bertz CT molecular complexity index is 1290. The number of hydrogen-bond donors (Lipinski definition) is 2. The van der Waals surface area contributed by atoms with Crippen molar-refractivity contribution in [2.24, 2.45) is 0 Å². The van der Waals surface area contributed by atoms with E-state index in [0.29, 0.717) is 24.6 Å². The number of nitrogens with one attached hydrogen (secondary N) is 2. The van der Waals surface area contributed by atoms with Crippen molar-refractivity contribution >= 4 is 31.7 Å². The van der Waals surface area contributed by atoms with Gasteiger partial charge in [-0.15, -0.1) is 0 Å². The number of sulfonamides is 1. The van der Waals surface area contributed by atoms with Gasteiger partial charge in [-0.1, -0.05) is 42.5 Å². The molecular weight excluding hydrogens is 398 g/mol. The Morgan fingerprint density at radius 1 is 0.967 bits per heavy atom. The lowest BCUT2D eigenvalue weighted by Gasteiger charge is -2.39. The molecule has 4 aromatic rings. The van der Waals surface area contributed by atoms with Gasteiger partial charge in [0, 0.05) is 48.2 Å². The normalized spacial score (nSPS) is 15.5. The van der Waals surface area contributed by atoms with E-state index in [0.717, 1.165) is 34.0 Å². The second-order valence-electron chi connectivity index (χ2n) is 7.60. The Kier molecular flexibility index (Phi) is 4.94. The summed E-state index contributed by atoms with van der Waals surface area (Å²) in [6.07, 6.45) is 1.90. The quantitative estimate of drug-likeness (QED) is 0.480. The van der Waals surface area contributed by atoms with Crippen molar-refractivity contribution < 1.29 is 13.2 Å². The summed E-state index contributed by atoms with van der Waals surface area (Å²) >= 11 is 0. The highest BCUT2D eigenvalue weighted by molar-refractivity contribution is 7.89. The number of fused-ring (bicyclic) bond motifs is 2. The third-order valence-corrected chi connectivity index (χ3v) is 7.12. The highest BCUT2D eigenvalue weighted by Gasteiger charge is 2.31. The van der Waals surface area contributed by atoms with Crippen LogP contribution in [0.25, 0.3) is 21.7 Å². The second kappa shape index (κ2) is 7.75. The molecule has 3 aromatic carbocycles. The molecule has 30 heavy (non-hydrogen) atoms. The lowest BCUT2D eigenvalue weighted by atomic mass is 10.1. The van der Waals surface area contributed by atoms with Gasteiger partial charge in [0.25, 0.3) is 0 Å². The molecule has 0 bridgehead atoms. The van der Waals surface area contributed by atoms with E-state index in [1.54, 1.807) is 12.1 Å². The number of ether oxygens (including phenoxy) is 1. The Morgan fingerprint density at radius 2 is 1.77 bits per heavy atom. The van der Waals surface area contributed by atoms with Gasteiger partial charge in [0.05, 0.1) is 4.90 Å². The molecule has 0 amide bonds. The first kappa shape index (κ1) is 19.1. The first-order valence-corrected chi connectivity index (χ1v) is 11.5. The van der Waals surface area contributed by atoms with Gasteiger partial charge in [0.2, 0.25) is 10.0 Å². The Morgan fingerprint density at radius 3 is 2.67 bits per heavy atom. The summed E-state index contributed by atoms with van der Waals surface area (Å²) < 4.78 is 34.6. The topological polar surface area (TPSA) is 74.4 Å². The van der Waals surface area contributed by atoms with Crippen molar-refractivity contribution in [1.82, 2.24) is 14.6 Å². The minimum Gasteiger partial charge on any atom is -0.492 e. The van der Waals surface area contributed by atoms with E-state index in [1.807, 2.05) is 60.8 Å². The molecule has 1 aliphatic heterocycles. The molecule has 0 aliphatic carbocycles. The molecule has 2 N–H and O–H groups in total. The predicted octanol–water partition coefficient (Wildman–Crippen LogP) is 3.36. The maximum atomic E-state index is 12.9. The molecular formula is C23H23N3O3S. The molecule has 5 rings (SSSR count). The van der Waals surface area contributed by atoms with E-state index in [4.69, 9.17) is 4.74 Å². The van der Waals surface area contributed by atoms with Gasteiger partial charge in [-0.2, -0.15) is 0 Å². The zero-order chi connectivity index (χ0) is 20.6. The molecule has 7 heteroatoms. The molecule has 154 valence electrons. The average molecular weight is 422 g/mol. The molecule has 0 atom stereocenters. The Balaban J connectivity index is 1.16. The SMILES string of the molecule is O=S(=O)(NC1CN(CCOc2cccc3[nH]ccc23)C1)c1cccc2ccccc12. The van der Waals surface area contributed by atoms with Gasteiger partial charge >= 0.3 is 0 Å². The van der Waals surface area contributed by atoms with Gasteiger partial charge in [0.15, 0.2) is 0 Å². The number of likely N-dealkylation sites (tertiary alicyclic amines) is 1. The largest absolute Gasteiger partial charge is 0.492 e. The summed E-state index contributed by atoms with van der Waals surface area (Å²) in [4.78, 5) is 5.70. The minimum absolute atomic E-state index is 0.0814. The van der Waals surface area contributed by atoms with Crippen LogP contribution >= 0.6 is 0 Å². The van der Waals surface area contributed by atoms with Crippen LogP contribution in [0.5, 0.6) is 5.75 Å². The monoisotopic (exact) mass is 421 g/mol. The van der Waals surface area contributed by atoms with Crippen LogP contribution in [0.15, 0.2) is 77.8 Å². The Hall–Kier alpha value is -2.87. The summed E-state index contributed by atoms with van der Waals surface area (Å²) in [6.45, 7) is 2.68. The van der Waals surface area contributed by atoms with Crippen molar-refractivity contribution in [3.05, 3.63) is 72.9 Å². The van der Waals surface area contributed by atoms with E-state index >= 15 is 0 Å². The molecule has 0 saturated carbocycles. The fourth-order valence-corrected chi connectivity index (χ4v) is 5.46. The van der Waals surface area contributed by atoms with Crippen molar-refractivity contribution in [2.75, 3.05) is 26.2 Å². The van der Waals surface area contributed by atoms with Crippen molar-refractivity contribution in [3.8, 4) is 5.75 Å². The zero-order valence-corrected chi connectivity index (χ0v) is 17.2. The van der Waals surface area contributed by atoms with Gasteiger partial charge in [-0.3, -0.25) is 4.90 Å². The average Bonchev–Trinajstić information content (AvgIpc) is 3.21. The highest BCUT2D eigenvalue weighted by atomic mass is 32.2. The smallest absolute Gasteiger partial charge is 0.241 e. The molecule has 0 radical (unpaired) electrons. The maximum Gasteiger partial charge on any atom is 0.241 e. The van der Waals surface area contributed by atoms with Gasteiger partial charge in [-0.25, -0.2) is 13.1 Å². The molecule has 0 spiro atoms. The van der Waals surface area contributed by atoms with Gasteiger partial charge < -0.3 is 9.72 Å². The van der Waals surface area contributed by atoms with Crippen LogP contribution in [0.2, 0.25) is 0 Å². The summed E-state index contributed by atoms with van der Waals surface area (Å²) in [5, 5.41) is 2.74. The standard InChI is InChI=1S/C23H23N3O3S/c27-30(28,23-10-3-6-17-5-1-2-7-19(17)23)25-18-15-26(16-18)13-14-29-22-9-4-8-21-20(22)11-12-24-21/h1-12,18,24-25H,13-16H2. The third-order valence-electron chi connectivity index (χ3n) is 5.54. The summed E-state index contributed by atoms with van der Waals surface area (Å²) in [7, 11) is -3.56. The summed E-state index contributed by atoms with van der Waals surface area (Å²) in [5.41, 5.74) is 1.05. The predicted molar refractivity (Wildman–Crippen MR) is 118 cm³/mol. The van der Waals surface area contributed by atoms with Gasteiger partial charge in [0.1, 0.15) is 12.4 Å². The van der Waals surface area contributed by atoms with Crippen molar-refractivity contribution in [2.45, 2.75) is 10.9 Å². The van der Waals surface area contributed by atoms with Crippen LogP contribution < -0.4 is 9.46 Å². The number of aromatic nitrogens is 1. The van der Waals surface area contributed by atoms with Crippen LogP contribution in [0, 0.1) is 0 Å².